The van der Waals surface area contributed by atoms with Crippen molar-refractivity contribution in [3.8, 4) is 23.6 Å². The number of hydrogen-bond donors (Lipinski definition) is 7. The summed E-state index contributed by atoms with van der Waals surface area (Å²) in [5.41, 5.74) is 0.184. The maximum absolute atomic E-state index is 15.0. The van der Waals surface area contributed by atoms with Gasteiger partial charge in [0.2, 0.25) is 17.7 Å². The Morgan fingerprint density at radius 3 is 1.21 bits per heavy atom. The first-order chi connectivity index (χ1) is 53.7. The molecule has 0 saturated carbocycles. The molecule has 4 aromatic rings. The molecular weight excluding hydrogens is 1490 g/mol. The summed E-state index contributed by atoms with van der Waals surface area (Å²) in [5, 5.41) is 59.7. The van der Waals surface area contributed by atoms with Crippen LogP contribution in [0.5, 0.6) is 11.5 Å². The number of benzene rings is 2. The van der Waals surface area contributed by atoms with Crippen molar-refractivity contribution in [1.82, 2.24) is 80.2 Å². The highest BCUT2D eigenvalue weighted by Gasteiger charge is 2.48. The van der Waals surface area contributed by atoms with Gasteiger partial charge in [-0.15, -0.1) is 0 Å². The maximum Gasteiger partial charge on any atom is 0.320 e. The maximum atomic E-state index is 15.0. The number of aromatic nitrogens is 2. The molecule has 2 aromatic heterocycles. The summed E-state index contributed by atoms with van der Waals surface area (Å²) in [4.78, 5) is 169. The standard InChI is InChI=1S/C74H98F4N18O17/c1-72(2,3)113-67(106)48-91-26-28-92(63(99)44-87-18-20-88(45-64(100)101)22-24-90(47-66(104)105)25-23-89(21-19-87)46-65(102)103)30-31-94(71(110)84-15-5-7-35-112-54-9-11-60-58(37-54)56(13-17-82-60)69(108)86-43-62(98)96-50-74(77,78)39-52(96)41-80)33-32-93(29-27-91)70(109)83-14-4-6-34-111-53-8-10-59-57(36-53)55(12-16-81-59)68(107)85-42-61(97)95-49-73(75,76)38-51(95)40-79/h8-13,16-17,36-37,51-52H,4-7,14-15,18-35,38-39,42-50H2,1-3H3,(H,83,109)(H,84,110)(H,85,107)(H,86,108)(H,100,101)(H,102,103)(H,104,105)/t51-,52-/m0/s1. The van der Waals surface area contributed by atoms with Gasteiger partial charge in [-0.05, 0) is 95.0 Å². The summed E-state index contributed by atoms with van der Waals surface area (Å²) in [6, 6.07) is 12.2. The van der Waals surface area contributed by atoms with Crippen molar-refractivity contribution in [1.29, 1.82) is 10.5 Å². The zero-order valence-electron chi connectivity index (χ0n) is 63.5. The number of carbonyl (C=O) groups excluding carboxylic acids is 8. The van der Waals surface area contributed by atoms with Crippen LogP contribution in [0.1, 0.15) is 80.0 Å². The molecule has 0 spiro atoms. The lowest BCUT2D eigenvalue weighted by Crippen LogP contribution is -2.54. The molecule has 0 unspecified atom stereocenters. The van der Waals surface area contributed by atoms with E-state index in [9.17, 15) is 96.1 Å². The summed E-state index contributed by atoms with van der Waals surface area (Å²) in [6.45, 7) is 2.06. The molecule has 0 aliphatic carbocycles. The number of pyridine rings is 2. The number of carboxylic acids is 3. The van der Waals surface area contributed by atoms with E-state index >= 15 is 0 Å². The number of rotatable bonds is 28. The molecule has 8 rings (SSSR count). The molecule has 0 radical (unpaired) electrons. The smallest absolute Gasteiger partial charge is 0.320 e. The van der Waals surface area contributed by atoms with E-state index in [4.69, 9.17) is 14.2 Å². The number of unbranched alkanes of at least 4 members (excludes halogenated alkanes) is 2. The first kappa shape index (κ1) is 87.7. The van der Waals surface area contributed by atoms with Gasteiger partial charge < -0.3 is 75.3 Å². The molecule has 35 nitrogen and oxygen atoms in total. The Bertz CT molecular complexity index is 4100. The third kappa shape index (κ3) is 28.1. The second kappa shape index (κ2) is 41.6. The van der Waals surface area contributed by atoms with Crippen LogP contribution in [0.15, 0.2) is 60.9 Å². The number of urea groups is 2. The van der Waals surface area contributed by atoms with Gasteiger partial charge in [-0.2, -0.15) is 10.5 Å². The minimum atomic E-state index is -3.24. The van der Waals surface area contributed by atoms with E-state index in [-0.39, 0.29) is 175 Å². The number of halogens is 4. The SMILES string of the molecule is CC(C)(C)OC(=O)CN1CCN(C(=O)CN2CCN(CC(=O)O)CCN(CC(=O)O)CCN(CC(=O)O)CC2)CCN(C(=O)NCCCCOc2ccc3nccc(C(=O)NCC(=O)N4CC(F)(F)C[C@H]4C#N)c3c2)CCN(C(=O)NCCCCOc2ccc3nccc(C(=O)NCC(=O)N4CC(F)(F)C[C@H]4C#N)c3c2)CC1. The Balaban J connectivity index is 0.935. The van der Waals surface area contributed by atoms with Gasteiger partial charge in [0.1, 0.15) is 29.2 Å². The van der Waals surface area contributed by atoms with E-state index in [2.05, 4.69) is 31.2 Å². The second-order valence-electron chi connectivity index (χ2n) is 29.0. The molecule has 2 aromatic carbocycles. The van der Waals surface area contributed by atoms with E-state index in [1.54, 1.807) is 98.7 Å². The molecule has 4 aliphatic heterocycles. The van der Waals surface area contributed by atoms with E-state index in [0.717, 1.165) is 9.80 Å². The monoisotopic (exact) mass is 1590 g/mol. The van der Waals surface area contributed by atoms with E-state index in [1.807, 2.05) is 0 Å². The number of fused-ring (bicyclic) bond motifs is 2. The van der Waals surface area contributed by atoms with Crippen molar-refractivity contribution in [3.63, 3.8) is 0 Å². The van der Waals surface area contributed by atoms with Gasteiger partial charge in [0.25, 0.3) is 23.7 Å². The molecule has 39 heteroatoms. The van der Waals surface area contributed by atoms with Crippen molar-refractivity contribution < 1.29 is 99.8 Å². The van der Waals surface area contributed by atoms with Crippen molar-refractivity contribution in [3.05, 3.63) is 72.1 Å². The third-order valence-electron chi connectivity index (χ3n) is 19.1. The average molecular weight is 1590 g/mol. The summed E-state index contributed by atoms with van der Waals surface area (Å²) < 4.78 is 74.2. The number of hydrogen-bond acceptors (Lipinski definition) is 23. The number of esters is 1. The Labute approximate surface area is 649 Å². The van der Waals surface area contributed by atoms with Crippen LogP contribution in [0.4, 0.5) is 27.2 Å². The molecule has 2 atom stereocenters. The number of carbonyl (C=O) groups is 11. The van der Waals surface area contributed by atoms with Crippen molar-refractivity contribution in [2.75, 3.05) is 190 Å². The lowest BCUT2D eigenvalue weighted by Gasteiger charge is -2.36. The van der Waals surface area contributed by atoms with Crippen LogP contribution in [0.3, 0.4) is 0 Å². The van der Waals surface area contributed by atoms with Gasteiger partial charge in [0, 0.05) is 154 Å². The van der Waals surface area contributed by atoms with Gasteiger partial charge in [-0.3, -0.25) is 77.6 Å². The van der Waals surface area contributed by atoms with E-state index < -0.39 is 134 Å². The van der Waals surface area contributed by atoms with Crippen molar-refractivity contribution in [2.24, 2.45) is 0 Å². The van der Waals surface area contributed by atoms with Crippen LogP contribution in [-0.2, 0) is 38.3 Å². The van der Waals surface area contributed by atoms with E-state index in [1.165, 1.54) is 34.3 Å². The number of carboxylic acid groups (broad SMARTS) is 3. The predicted octanol–water partition coefficient (Wildman–Crippen LogP) is 1.76. The number of nitrogens with zero attached hydrogens (tertiary/aromatic N) is 14. The summed E-state index contributed by atoms with van der Waals surface area (Å²) in [7, 11) is 0. The molecule has 9 amide bonds. The van der Waals surface area contributed by atoms with Crippen LogP contribution in [0, 0.1) is 22.7 Å². The van der Waals surface area contributed by atoms with E-state index in [0.29, 0.717) is 59.0 Å². The lowest BCUT2D eigenvalue weighted by molar-refractivity contribution is -0.156. The summed E-state index contributed by atoms with van der Waals surface area (Å²) >= 11 is 0. The Hall–Kier alpha value is -10.9. The fraction of sp³-hybridized carbons (Fsp3) is 0.581. The summed E-state index contributed by atoms with van der Waals surface area (Å²) in [6.07, 6.45) is 2.80. The molecule has 4 saturated heterocycles. The third-order valence-corrected chi connectivity index (χ3v) is 19.1. The normalized spacial score (nSPS) is 18.8. The van der Waals surface area contributed by atoms with Gasteiger partial charge in [0.05, 0.1) is 106 Å². The average Bonchev–Trinajstić information content (AvgIpc) is 1.77. The van der Waals surface area contributed by atoms with Crippen LogP contribution in [-0.4, -0.2) is 359 Å². The highest BCUT2D eigenvalue weighted by Crippen LogP contribution is 2.33. The molecule has 7 N–H and O–H groups in total. The number of alkyl halides is 4. The largest absolute Gasteiger partial charge is 0.494 e. The fourth-order valence-electron chi connectivity index (χ4n) is 13.3. The fourth-order valence-corrected chi connectivity index (χ4v) is 13.3. The van der Waals surface area contributed by atoms with Gasteiger partial charge in [0.15, 0.2) is 0 Å². The van der Waals surface area contributed by atoms with Crippen molar-refractivity contribution in [2.45, 2.75) is 88.8 Å². The minimum absolute atomic E-state index is 0.000229. The van der Waals surface area contributed by atoms with Crippen LogP contribution >= 0.6 is 0 Å². The van der Waals surface area contributed by atoms with Crippen LogP contribution in [0.2, 0.25) is 0 Å². The molecule has 113 heavy (non-hydrogen) atoms. The highest BCUT2D eigenvalue weighted by molar-refractivity contribution is 6.08. The first-order valence-corrected chi connectivity index (χ1v) is 37.3. The minimum Gasteiger partial charge on any atom is -0.494 e. The topological polar surface area (TPSA) is 430 Å². The van der Waals surface area contributed by atoms with Crippen LogP contribution in [0.25, 0.3) is 21.8 Å². The first-order valence-electron chi connectivity index (χ1n) is 37.3. The Kier molecular flexibility index (Phi) is 32.3. The van der Waals surface area contributed by atoms with Gasteiger partial charge in [-0.1, -0.05) is 0 Å². The number of nitriles is 2. The lowest BCUT2D eigenvalue weighted by atomic mass is 10.1. The van der Waals surface area contributed by atoms with Crippen molar-refractivity contribution >= 4 is 87.3 Å². The quantitative estimate of drug-likeness (QED) is 0.0242. The zero-order chi connectivity index (χ0) is 82.0. The second-order valence-corrected chi connectivity index (χ2v) is 29.0. The number of likely N-dealkylation sites (tertiary alicyclic amines) is 2. The van der Waals surface area contributed by atoms with Crippen LogP contribution < -0.4 is 30.7 Å². The zero-order valence-corrected chi connectivity index (χ0v) is 63.5. The Morgan fingerprint density at radius 1 is 0.478 bits per heavy atom. The molecule has 4 aliphatic rings. The predicted molar refractivity (Wildman–Crippen MR) is 396 cm³/mol. The van der Waals surface area contributed by atoms with Gasteiger partial charge >= 0.3 is 35.9 Å². The number of amides is 9. The number of aliphatic carboxylic acids is 3. The Morgan fingerprint density at radius 2 is 0.832 bits per heavy atom. The molecule has 0 bridgehead atoms. The highest BCUT2D eigenvalue weighted by atomic mass is 19.3. The summed E-state index contributed by atoms with van der Waals surface area (Å²) in [5.74, 6) is -13.2. The molecule has 614 valence electrons. The van der Waals surface area contributed by atoms with Gasteiger partial charge in [-0.25, -0.2) is 27.2 Å². The molecule has 4 fully saturated rings. The molecule has 6 heterocycles. The molecular formula is C74H98F4N18O17. The number of ether oxygens (including phenoxy) is 3. The number of nitrogens with one attached hydrogen (secondary N) is 4.